The van der Waals surface area contributed by atoms with E-state index in [0.29, 0.717) is 48.1 Å². The summed E-state index contributed by atoms with van der Waals surface area (Å²) in [6.45, 7) is 6.67. The number of piperidine rings is 2. The number of carbonyl (C=O) groups is 1. The fourth-order valence-electron chi connectivity index (χ4n) is 11.2. The summed E-state index contributed by atoms with van der Waals surface area (Å²) in [5.74, 6) is 2.86. The molecule has 2 unspecified atom stereocenters. The summed E-state index contributed by atoms with van der Waals surface area (Å²) in [6.07, 6.45) is 9.23. The van der Waals surface area contributed by atoms with Gasteiger partial charge < -0.3 is 41.1 Å². The van der Waals surface area contributed by atoms with Crippen molar-refractivity contribution in [2.45, 2.75) is 107 Å². The van der Waals surface area contributed by atoms with Crippen LogP contribution in [0.3, 0.4) is 0 Å². The van der Waals surface area contributed by atoms with Gasteiger partial charge in [-0.15, -0.1) is 0 Å². The van der Waals surface area contributed by atoms with Crippen molar-refractivity contribution in [2.75, 3.05) is 54.4 Å². The SMILES string of the molecule is NC(=O)c1c(-c2ccc(Oc3ccccc3)cc2)nn2c1NCC[C@H]2C1CCC(NC2CCN(Cc3ccc(C4CCN(c5cccc(N6CCC(O)NC6O)c5)CC4)cc3)CC2)CC1. The van der Waals surface area contributed by atoms with E-state index in [1.165, 1.54) is 29.7 Å². The topological polar surface area (TPSA) is 156 Å². The van der Waals surface area contributed by atoms with E-state index in [9.17, 15) is 15.0 Å². The highest BCUT2D eigenvalue weighted by Gasteiger charge is 2.36. The summed E-state index contributed by atoms with van der Waals surface area (Å²) >= 11 is 0. The van der Waals surface area contributed by atoms with E-state index < -0.39 is 18.5 Å². The number of likely N-dealkylation sites (tertiary alicyclic amines) is 1. The molecule has 1 aromatic heterocycles. The molecule has 1 amide bonds. The lowest BCUT2D eigenvalue weighted by Crippen LogP contribution is -2.56. The molecule has 3 saturated heterocycles. The van der Waals surface area contributed by atoms with E-state index in [0.717, 1.165) is 113 Å². The van der Waals surface area contributed by atoms with Crippen LogP contribution < -0.4 is 36.2 Å². The first-order valence-electron chi connectivity index (χ1n) is 24.1. The maximum Gasteiger partial charge on any atom is 0.254 e. The van der Waals surface area contributed by atoms with Crippen LogP contribution in [0.1, 0.15) is 97.7 Å². The molecule has 13 nitrogen and oxygen atoms in total. The number of aromatic nitrogens is 2. The van der Waals surface area contributed by atoms with E-state index in [4.69, 9.17) is 15.6 Å². The van der Waals surface area contributed by atoms with Crippen molar-refractivity contribution in [1.29, 1.82) is 0 Å². The van der Waals surface area contributed by atoms with Gasteiger partial charge in [0.1, 0.15) is 34.8 Å². The highest BCUT2D eigenvalue weighted by molar-refractivity contribution is 6.03. The van der Waals surface area contributed by atoms with Crippen LogP contribution in [0.15, 0.2) is 103 Å². The molecule has 65 heavy (non-hydrogen) atoms. The molecule has 4 fully saturated rings. The third kappa shape index (κ3) is 9.90. The van der Waals surface area contributed by atoms with E-state index in [1.54, 1.807) is 0 Å². The van der Waals surface area contributed by atoms with Crippen LogP contribution in [-0.4, -0.2) is 94.7 Å². The Hall–Kier alpha value is -5.44. The molecule has 1 aliphatic carbocycles. The normalized spacial score (nSPS) is 24.6. The van der Waals surface area contributed by atoms with Gasteiger partial charge in [-0.2, -0.15) is 5.10 Å². The number of benzene rings is 4. The average Bonchev–Trinajstić information content (AvgIpc) is 3.74. The smallest absolute Gasteiger partial charge is 0.254 e. The number of hydrogen-bond acceptors (Lipinski definition) is 11. The number of anilines is 3. The second-order valence-electron chi connectivity index (χ2n) is 19.0. The second-order valence-corrected chi connectivity index (χ2v) is 19.0. The third-order valence-electron chi connectivity index (χ3n) is 14.8. The molecule has 3 atom stereocenters. The van der Waals surface area contributed by atoms with Crippen molar-refractivity contribution in [3.63, 3.8) is 0 Å². The maximum absolute atomic E-state index is 12.9. The van der Waals surface area contributed by atoms with Crippen LogP contribution >= 0.6 is 0 Å². The van der Waals surface area contributed by atoms with Crippen molar-refractivity contribution in [1.82, 2.24) is 25.3 Å². The van der Waals surface area contributed by atoms with E-state index in [1.807, 2.05) is 65.6 Å². The van der Waals surface area contributed by atoms with Gasteiger partial charge >= 0.3 is 0 Å². The van der Waals surface area contributed by atoms with Gasteiger partial charge in [0, 0.05) is 68.2 Å². The summed E-state index contributed by atoms with van der Waals surface area (Å²) < 4.78 is 8.09. The monoisotopic (exact) mass is 880 g/mol. The molecule has 5 aliphatic rings. The highest BCUT2D eigenvalue weighted by atomic mass is 16.5. The Kier molecular flexibility index (Phi) is 13.1. The molecular weight excluding hydrogens is 815 g/mol. The molecule has 5 heterocycles. The predicted octanol–water partition coefficient (Wildman–Crippen LogP) is 7.39. The second kappa shape index (κ2) is 19.6. The number of primary amides is 1. The van der Waals surface area contributed by atoms with Gasteiger partial charge in [-0.25, -0.2) is 10.00 Å². The van der Waals surface area contributed by atoms with Gasteiger partial charge in [0.25, 0.3) is 5.91 Å². The molecule has 0 bridgehead atoms. The van der Waals surface area contributed by atoms with Crippen LogP contribution in [0.4, 0.5) is 17.2 Å². The van der Waals surface area contributed by atoms with Gasteiger partial charge in [-0.1, -0.05) is 48.5 Å². The molecule has 0 spiro atoms. The Bertz CT molecular complexity index is 2350. The molecule has 7 N–H and O–H groups in total. The number of aliphatic hydroxyl groups excluding tert-OH is 2. The highest BCUT2D eigenvalue weighted by Crippen LogP contribution is 2.42. The van der Waals surface area contributed by atoms with Crippen LogP contribution in [-0.2, 0) is 6.54 Å². The minimum Gasteiger partial charge on any atom is -0.457 e. The van der Waals surface area contributed by atoms with Gasteiger partial charge in [-0.3, -0.25) is 9.69 Å². The third-order valence-corrected chi connectivity index (χ3v) is 14.8. The van der Waals surface area contributed by atoms with Crippen molar-refractivity contribution in [3.05, 3.63) is 120 Å². The molecule has 1 saturated carbocycles. The zero-order valence-corrected chi connectivity index (χ0v) is 37.4. The summed E-state index contributed by atoms with van der Waals surface area (Å²) in [5, 5.41) is 35.8. The fraction of sp³-hybridized carbons (Fsp3) is 0.462. The van der Waals surface area contributed by atoms with Crippen molar-refractivity contribution >= 4 is 23.1 Å². The summed E-state index contributed by atoms with van der Waals surface area (Å²) in [6, 6.07) is 36.7. The molecule has 0 radical (unpaired) electrons. The Labute approximate surface area is 382 Å². The number of aliphatic hydroxyl groups is 2. The number of fused-ring (bicyclic) bond motifs is 1. The summed E-state index contributed by atoms with van der Waals surface area (Å²) in [4.78, 5) is 19.9. The number of amides is 1. The lowest BCUT2D eigenvalue weighted by atomic mass is 9.79. The zero-order chi connectivity index (χ0) is 44.3. The van der Waals surface area contributed by atoms with Gasteiger partial charge in [0.05, 0.1) is 6.04 Å². The Morgan fingerprint density at radius 1 is 0.738 bits per heavy atom. The van der Waals surface area contributed by atoms with Gasteiger partial charge in [0.2, 0.25) is 0 Å². The van der Waals surface area contributed by atoms with Crippen molar-refractivity contribution < 1.29 is 19.7 Å². The van der Waals surface area contributed by atoms with Crippen LogP contribution in [0.2, 0.25) is 0 Å². The standard InChI is InChI=1S/C52H65N9O4/c53-50(63)48-49(39-15-19-45(20-16-39)65-44-7-2-1-3-8-44)57-61-46(21-27-54-51(48)61)38-13-17-40(18-14-38)55-41-24-28-58(29-25-41)34-35-9-11-36(12-10-35)37-22-30-59(31-23-37)42-5-4-6-43(33-42)60-32-26-47(62)56-52(60)64/h1-12,15-16,19-20,33,37-38,40-41,46-47,52,54-56,62,64H,13-14,17-18,21-32,34H2,(H2,53,63)/t38?,40?,46-,47?,52?/m0/s1. The largest absolute Gasteiger partial charge is 0.457 e. The first-order chi connectivity index (χ1) is 31.8. The fourth-order valence-corrected chi connectivity index (χ4v) is 11.2. The van der Waals surface area contributed by atoms with Crippen LogP contribution in [0.5, 0.6) is 11.5 Å². The van der Waals surface area contributed by atoms with E-state index >= 15 is 0 Å². The molecular formula is C52H65N9O4. The van der Waals surface area contributed by atoms with Crippen LogP contribution in [0, 0.1) is 5.92 Å². The van der Waals surface area contributed by atoms with E-state index in [-0.39, 0.29) is 6.04 Å². The number of ether oxygens (including phenoxy) is 1. The number of nitrogens with zero attached hydrogens (tertiary/aromatic N) is 5. The number of hydrogen-bond donors (Lipinski definition) is 6. The lowest BCUT2D eigenvalue weighted by molar-refractivity contribution is 0.0135. The average molecular weight is 880 g/mol. The predicted molar refractivity (Wildman–Crippen MR) is 256 cm³/mol. The van der Waals surface area contributed by atoms with Crippen molar-refractivity contribution in [2.24, 2.45) is 11.7 Å². The number of nitrogens with two attached hydrogens (primary N) is 1. The Balaban J connectivity index is 0.669. The molecule has 4 aromatic carbocycles. The molecule has 5 aromatic rings. The first-order valence-corrected chi connectivity index (χ1v) is 24.1. The summed E-state index contributed by atoms with van der Waals surface area (Å²) in [7, 11) is 0. The van der Waals surface area contributed by atoms with Gasteiger partial charge in [-0.05, 0) is 148 Å². The van der Waals surface area contributed by atoms with Crippen LogP contribution in [0.25, 0.3) is 11.3 Å². The number of carbonyl (C=O) groups excluding carboxylic acids is 1. The minimum atomic E-state index is -0.885. The maximum atomic E-state index is 12.9. The van der Waals surface area contributed by atoms with Crippen molar-refractivity contribution in [3.8, 4) is 22.8 Å². The zero-order valence-electron chi connectivity index (χ0n) is 37.4. The number of nitrogens with one attached hydrogen (secondary N) is 3. The van der Waals surface area contributed by atoms with Gasteiger partial charge in [0.15, 0.2) is 6.35 Å². The Morgan fingerprint density at radius 3 is 2.17 bits per heavy atom. The Morgan fingerprint density at radius 2 is 1.45 bits per heavy atom. The molecule has 10 rings (SSSR count). The number of rotatable bonds is 12. The molecule has 4 aliphatic heterocycles. The lowest BCUT2D eigenvalue weighted by Gasteiger charge is -2.39. The van der Waals surface area contributed by atoms with E-state index in [2.05, 4.69) is 72.9 Å². The quantitative estimate of drug-likeness (QED) is 0.0744. The summed E-state index contributed by atoms with van der Waals surface area (Å²) in [5.41, 5.74) is 13.0. The number of para-hydroxylation sites is 1. The first kappa shape index (κ1) is 43.5. The molecule has 13 heteroatoms. The molecule has 342 valence electrons. The minimum absolute atomic E-state index is 0.233.